The van der Waals surface area contributed by atoms with E-state index in [-0.39, 0.29) is 6.04 Å². The molecule has 104 valence electrons. The maximum atomic E-state index is 5.13. The van der Waals surface area contributed by atoms with Gasteiger partial charge in [-0.1, -0.05) is 23.8 Å². The molecular formula is C14H21N3OS. The summed E-state index contributed by atoms with van der Waals surface area (Å²) in [5.74, 6) is 0. The van der Waals surface area contributed by atoms with Crippen LogP contribution < -0.4 is 10.7 Å². The van der Waals surface area contributed by atoms with Gasteiger partial charge in [-0.25, -0.2) is 0 Å². The molecule has 0 heterocycles. The zero-order valence-electron chi connectivity index (χ0n) is 11.9. The van der Waals surface area contributed by atoms with Crippen LogP contribution in [0.4, 0.5) is 0 Å². The predicted molar refractivity (Wildman–Crippen MR) is 83.7 cm³/mol. The standard InChI is InChI=1S/C14H21N3OS/c1-10-5-6-11(2)13(7-10)8-15-17-14(19)16-12(3)9-18-4/h5-8,12H,9H2,1-4H3,(H2,16,17,19)/b15-8-/t12-/m1/s1. The second-order valence-corrected chi connectivity index (χ2v) is 4.97. The Balaban J connectivity index is 2.49. The molecule has 0 aliphatic carbocycles. The number of benzene rings is 1. The minimum Gasteiger partial charge on any atom is -0.383 e. The third-order valence-electron chi connectivity index (χ3n) is 2.60. The highest BCUT2D eigenvalue weighted by Gasteiger charge is 2.02. The summed E-state index contributed by atoms with van der Waals surface area (Å²) in [6.07, 6.45) is 1.78. The van der Waals surface area contributed by atoms with Gasteiger partial charge >= 0.3 is 0 Å². The van der Waals surface area contributed by atoms with Crippen molar-refractivity contribution in [1.29, 1.82) is 0 Å². The molecule has 0 aliphatic rings. The van der Waals surface area contributed by atoms with Gasteiger partial charge in [0.05, 0.1) is 12.8 Å². The summed E-state index contributed by atoms with van der Waals surface area (Å²) in [7, 11) is 1.66. The Morgan fingerprint density at radius 1 is 1.47 bits per heavy atom. The summed E-state index contributed by atoms with van der Waals surface area (Å²) in [6, 6.07) is 6.40. The molecule has 0 amide bonds. The van der Waals surface area contributed by atoms with Gasteiger partial charge < -0.3 is 10.1 Å². The van der Waals surface area contributed by atoms with Crippen molar-refractivity contribution >= 4 is 23.5 Å². The number of hydrogen-bond acceptors (Lipinski definition) is 3. The number of thiocarbonyl (C=S) groups is 1. The van der Waals surface area contributed by atoms with Crippen LogP contribution in [0, 0.1) is 13.8 Å². The van der Waals surface area contributed by atoms with Crippen molar-refractivity contribution in [2.24, 2.45) is 5.10 Å². The van der Waals surface area contributed by atoms with Crippen molar-refractivity contribution in [1.82, 2.24) is 10.7 Å². The summed E-state index contributed by atoms with van der Waals surface area (Å²) in [6.45, 7) is 6.70. The number of hydrazone groups is 1. The molecule has 0 saturated heterocycles. The molecule has 19 heavy (non-hydrogen) atoms. The van der Waals surface area contributed by atoms with Gasteiger partial charge in [0.15, 0.2) is 5.11 Å². The molecule has 1 aromatic rings. The van der Waals surface area contributed by atoms with Crippen molar-refractivity contribution < 1.29 is 4.74 Å². The molecule has 0 bridgehead atoms. The second-order valence-electron chi connectivity index (χ2n) is 4.56. The number of nitrogens with zero attached hydrogens (tertiary/aromatic N) is 1. The smallest absolute Gasteiger partial charge is 0.187 e. The van der Waals surface area contributed by atoms with E-state index in [0.717, 1.165) is 5.56 Å². The number of nitrogens with one attached hydrogen (secondary N) is 2. The van der Waals surface area contributed by atoms with Crippen LogP contribution in [0.15, 0.2) is 23.3 Å². The van der Waals surface area contributed by atoms with E-state index in [2.05, 4.69) is 47.9 Å². The molecule has 0 saturated carbocycles. The minimum atomic E-state index is 0.154. The quantitative estimate of drug-likeness (QED) is 0.492. The molecule has 5 heteroatoms. The van der Waals surface area contributed by atoms with Crippen LogP contribution in [0.1, 0.15) is 23.6 Å². The fourth-order valence-corrected chi connectivity index (χ4v) is 1.86. The Morgan fingerprint density at radius 2 is 2.21 bits per heavy atom. The molecule has 1 rings (SSSR count). The lowest BCUT2D eigenvalue weighted by atomic mass is 10.1. The molecule has 0 unspecified atom stereocenters. The van der Waals surface area contributed by atoms with Gasteiger partial charge in [-0.2, -0.15) is 5.10 Å². The average molecular weight is 279 g/mol. The van der Waals surface area contributed by atoms with Crippen LogP contribution in [0.3, 0.4) is 0 Å². The average Bonchev–Trinajstić information content (AvgIpc) is 2.33. The zero-order chi connectivity index (χ0) is 14.3. The Labute approximate surface area is 120 Å². The highest BCUT2D eigenvalue weighted by molar-refractivity contribution is 7.80. The monoisotopic (exact) mass is 279 g/mol. The number of ether oxygens (including phenoxy) is 1. The van der Waals surface area contributed by atoms with Gasteiger partial charge in [0, 0.05) is 13.2 Å². The predicted octanol–water partition coefficient (Wildman–Crippen LogP) is 2.14. The second kappa shape index (κ2) is 7.86. The van der Waals surface area contributed by atoms with Gasteiger partial charge in [-0.15, -0.1) is 0 Å². The number of methoxy groups -OCH3 is 1. The molecule has 0 fully saturated rings. The van der Waals surface area contributed by atoms with E-state index in [9.17, 15) is 0 Å². The lowest BCUT2D eigenvalue weighted by Crippen LogP contribution is -2.40. The van der Waals surface area contributed by atoms with E-state index in [1.54, 1.807) is 13.3 Å². The van der Waals surface area contributed by atoms with E-state index in [4.69, 9.17) is 17.0 Å². The first-order valence-corrected chi connectivity index (χ1v) is 6.59. The molecule has 0 aliphatic heterocycles. The Kier molecular flexibility index (Phi) is 6.45. The summed E-state index contributed by atoms with van der Waals surface area (Å²) in [5, 5.41) is 7.70. The Bertz CT molecular complexity index is 460. The van der Waals surface area contributed by atoms with Crippen molar-refractivity contribution in [2.45, 2.75) is 26.8 Å². The number of hydrogen-bond donors (Lipinski definition) is 2. The van der Waals surface area contributed by atoms with Crippen LogP contribution in [0.5, 0.6) is 0 Å². The van der Waals surface area contributed by atoms with Gasteiger partial charge in [0.2, 0.25) is 0 Å². The Morgan fingerprint density at radius 3 is 2.89 bits per heavy atom. The zero-order valence-corrected chi connectivity index (χ0v) is 12.7. The van der Waals surface area contributed by atoms with E-state index in [1.807, 2.05) is 6.92 Å². The summed E-state index contributed by atoms with van der Waals surface area (Å²) in [4.78, 5) is 0. The molecule has 4 nitrogen and oxygen atoms in total. The fourth-order valence-electron chi connectivity index (χ4n) is 1.61. The van der Waals surface area contributed by atoms with Crippen molar-refractivity contribution in [3.05, 3.63) is 34.9 Å². The van der Waals surface area contributed by atoms with Crippen LogP contribution in [0.25, 0.3) is 0 Å². The van der Waals surface area contributed by atoms with E-state index < -0.39 is 0 Å². The molecule has 0 radical (unpaired) electrons. The fraction of sp³-hybridized carbons (Fsp3) is 0.429. The third kappa shape index (κ3) is 5.81. The van der Waals surface area contributed by atoms with Gasteiger partial charge in [0.25, 0.3) is 0 Å². The topological polar surface area (TPSA) is 45.6 Å². The van der Waals surface area contributed by atoms with Crippen molar-refractivity contribution in [3.8, 4) is 0 Å². The maximum Gasteiger partial charge on any atom is 0.187 e. The Hall–Kier alpha value is -1.46. The molecular weight excluding hydrogens is 258 g/mol. The normalized spacial score (nSPS) is 12.4. The van der Waals surface area contributed by atoms with Crippen LogP contribution in [-0.2, 0) is 4.74 Å². The first-order valence-electron chi connectivity index (χ1n) is 6.18. The lowest BCUT2D eigenvalue weighted by Gasteiger charge is -2.13. The maximum absolute atomic E-state index is 5.13. The van der Waals surface area contributed by atoms with Gasteiger partial charge in [-0.3, -0.25) is 5.43 Å². The van der Waals surface area contributed by atoms with Gasteiger partial charge in [-0.05, 0) is 44.1 Å². The summed E-state index contributed by atoms with van der Waals surface area (Å²) in [5.41, 5.74) is 6.28. The first-order chi connectivity index (χ1) is 9.02. The largest absolute Gasteiger partial charge is 0.383 e. The van der Waals surface area contributed by atoms with Crippen molar-refractivity contribution in [2.75, 3.05) is 13.7 Å². The highest BCUT2D eigenvalue weighted by Crippen LogP contribution is 2.07. The van der Waals surface area contributed by atoms with Crippen LogP contribution >= 0.6 is 12.2 Å². The van der Waals surface area contributed by atoms with Gasteiger partial charge in [0.1, 0.15) is 0 Å². The first kappa shape index (κ1) is 15.6. The third-order valence-corrected chi connectivity index (χ3v) is 2.81. The van der Waals surface area contributed by atoms with E-state index in [0.29, 0.717) is 11.7 Å². The molecule has 1 atom stereocenters. The van der Waals surface area contributed by atoms with Crippen molar-refractivity contribution in [3.63, 3.8) is 0 Å². The van der Waals surface area contributed by atoms with E-state index >= 15 is 0 Å². The molecule has 2 N–H and O–H groups in total. The summed E-state index contributed by atoms with van der Waals surface area (Å²) < 4.78 is 5.02. The van der Waals surface area contributed by atoms with Crippen LogP contribution in [0.2, 0.25) is 0 Å². The highest BCUT2D eigenvalue weighted by atomic mass is 32.1. The molecule has 0 spiro atoms. The van der Waals surface area contributed by atoms with Crippen LogP contribution in [-0.4, -0.2) is 31.1 Å². The van der Waals surface area contributed by atoms with E-state index in [1.165, 1.54) is 11.1 Å². The lowest BCUT2D eigenvalue weighted by molar-refractivity contribution is 0.179. The molecule has 1 aromatic carbocycles. The molecule has 0 aromatic heterocycles. The SMILES string of the molecule is COC[C@@H](C)NC(=S)N/N=C\c1cc(C)ccc1C. The number of aryl methyl sites for hydroxylation is 2. The minimum absolute atomic E-state index is 0.154. The number of rotatable bonds is 5. The summed E-state index contributed by atoms with van der Waals surface area (Å²) >= 11 is 5.13.